The van der Waals surface area contributed by atoms with Crippen molar-refractivity contribution in [3.8, 4) is 11.5 Å². The number of aromatic nitrogens is 3. The van der Waals surface area contributed by atoms with Gasteiger partial charge in [-0.15, -0.1) is 12.4 Å². The van der Waals surface area contributed by atoms with Gasteiger partial charge in [-0.05, 0) is 65.4 Å². The molecule has 10 heteroatoms. The van der Waals surface area contributed by atoms with Crippen molar-refractivity contribution >= 4 is 63.4 Å². The highest BCUT2D eigenvalue weighted by Crippen LogP contribution is 2.29. The van der Waals surface area contributed by atoms with E-state index >= 15 is 0 Å². The van der Waals surface area contributed by atoms with E-state index in [0.29, 0.717) is 35.0 Å². The number of halogens is 2. The molecular weight excluding hydrogens is 555 g/mol. The number of hydrogen-bond donors (Lipinski definition) is 3. The Kier molecular flexibility index (Phi) is 7.01. The number of H-pyrrole nitrogens is 1. The quantitative estimate of drug-likeness (QED) is 0.302. The van der Waals surface area contributed by atoms with Gasteiger partial charge in [0.25, 0.3) is 5.56 Å². The van der Waals surface area contributed by atoms with Crippen molar-refractivity contribution in [1.82, 2.24) is 15.0 Å². The number of pyridine rings is 1. The fourth-order valence-electron chi connectivity index (χ4n) is 3.67. The summed E-state index contributed by atoms with van der Waals surface area (Å²) in [6.45, 7) is 1.48. The molecule has 2 aromatic carbocycles. The Morgan fingerprint density at radius 1 is 1.09 bits per heavy atom. The third-order valence-electron chi connectivity index (χ3n) is 5.28. The molecule has 0 spiro atoms. The molecule has 1 aliphatic rings. The molecule has 0 amide bonds. The van der Waals surface area contributed by atoms with E-state index in [-0.39, 0.29) is 24.0 Å². The van der Waals surface area contributed by atoms with Gasteiger partial charge in [0, 0.05) is 31.0 Å². The molecule has 0 bridgehead atoms. The molecule has 0 radical (unpaired) electrons. The number of rotatable bonds is 5. The lowest BCUT2D eigenvalue weighted by Crippen LogP contribution is -2.28. The highest BCUT2D eigenvalue weighted by molar-refractivity contribution is 14.1. The zero-order valence-electron chi connectivity index (χ0n) is 17.5. The van der Waals surface area contributed by atoms with E-state index in [4.69, 9.17) is 15.5 Å². The number of hydrogen-bond acceptors (Lipinski definition) is 7. The van der Waals surface area contributed by atoms with Gasteiger partial charge in [-0.2, -0.15) is 4.98 Å². The predicted molar refractivity (Wildman–Crippen MR) is 141 cm³/mol. The van der Waals surface area contributed by atoms with Crippen LogP contribution in [0, 0.1) is 3.57 Å². The predicted octanol–water partition coefficient (Wildman–Crippen LogP) is 4.42. The fourth-order valence-corrected chi connectivity index (χ4v) is 4.22. The van der Waals surface area contributed by atoms with Crippen LogP contribution < -0.4 is 26.2 Å². The number of benzene rings is 2. The van der Waals surface area contributed by atoms with Crippen molar-refractivity contribution in [2.24, 2.45) is 5.73 Å². The van der Waals surface area contributed by atoms with Crippen molar-refractivity contribution in [2.45, 2.75) is 12.5 Å². The van der Waals surface area contributed by atoms with Gasteiger partial charge in [-0.3, -0.25) is 4.79 Å². The number of fused-ring (bicyclic) bond motifs is 1. The molecule has 170 valence electrons. The minimum Gasteiger partial charge on any atom is -0.457 e. The molecule has 1 atom stereocenters. The normalized spacial score (nSPS) is 15.3. The first kappa shape index (κ1) is 23.3. The summed E-state index contributed by atoms with van der Waals surface area (Å²) in [5.74, 6) is 2.51. The topological polar surface area (TPSA) is 109 Å². The number of anilines is 3. The third kappa shape index (κ3) is 5.05. The van der Waals surface area contributed by atoms with Crippen molar-refractivity contribution < 1.29 is 4.74 Å². The van der Waals surface area contributed by atoms with E-state index in [0.717, 1.165) is 28.0 Å². The van der Waals surface area contributed by atoms with Gasteiger partial charge in [-0.1, -0.05) is 18.2 Å². The van der Waals surface area contributed by atoms with Crippen LogP contribution in [0.1, 0.15) is 6.42 Å². The van der Waals surface area contributed by atoms with Crippen LogP contribution in [0.3, 0.4) is 0 Å². The van der Waals surface area contributed by atoms with Crippen LogP contribution in [0.5, 0.6) is 11.5 Å². The Morgan fingerprint density at radius 3 is 2.52 bits per heavy atom. The summed E-state index contributed by atoms with van der Waals surface area (Å²) in [7, 11) is 0. The van der Waals surface area contributed by atoms with Crippen LogP contribution in [0.15, 0.2) is 65.6 Å². The second-order valence-electron chi connectivity index (χ2n) is 7.62. The zero-order chi connectivity index (χ0) is 22.1. The second-order valence-corrected chi connectivity index (χ2v) is 8.78. The van der Waals surface area contributed by atoms with Gasteiger partial charge in [0.2, 0.25) is 5.95 Å². The molecule has 8 nitrogen and oxygen atoms in total. The van der Waals surface area contributed by atoms with Crippen LogP contribution in [0.2, 0.25) is 0 Å². The molecule has 33 heavy (non-hydrogen) atoms. The Morgan fingerprint density at radius 2 is 1.82 bits per heavy atom. The number of ether oxygens (including phenoxy) is 1. The molecule has 4 aromatic rings. The van der Waals surface area contributed by atoms with Crippen LogP contribution in [0.25, 0.3) is 10.9 Å². The van der Waals surface area contributed by atoms with Gasteiger partial charge in [0.15, 0.2) is 0 Å². The zero-order valence-corrected chi connectivity index (χ0v) is 20.5. The lowest BCUT2D eigenvalue weighted by molar-refractivity contribution is 0.483. The van der Waals surface area contributed by atoms with Gasteiger partial charge in [-0.25, -0.2) is 4.98 Å². The van der Waals surface area contributed by atoms with Crippen LogP contribution in [0.4, 0.5) is 17.5 Å². The Balaban J connectivity index is 0.00000259. The number of nitrogens with two attached hydrogens (primary N) is 1. The van der Waals surface area contributed by atoms with E-state index in [2.05, 4.69) is 42.8 Å². The minimum atomic E-state index is -0.239. The molecule has 1 saturated heterocycles. The second kappa shape index (κ2) is 9.94. The van der Waals surface area contributed by atoms with Gasteiger partial charge < -0.3 is 25.7 Å². The molecule has 1 fully saturated rings. The smallest absolute Gasteiger partial charge is 0.261 e. The Bertz CT molecular complexity index is 1320. The molecule has 4 N–H and O–H groups in total. The highest BCUT2D eigenvalue weighted by atomic mass is 127. The fraction of sp³-hybridized carbons (Fsp3) is 0.174. The van der Waals surface area contributed by atoms with E-state index in [1.807, 2.05) is 54.6 Å². The van der Waals surface area contributed by atoms with E-state index in [9.17, 15) is 4.79 Å². The molecule has 2 aromatic heterocycles. The lowest BCUT2D eigenvalue weighted by atomic mass is 10.2. The first-order chi connectivity index (χ1) is 15.6. The molecule has 0 aliphatic carbocycles. The van der Waals surface area contributed by atoms with Gasteiger partial charge >= 0.3 is 0 Å². The summed E-state index contributed by atoms with van der Waals surface area (Å²) in [5.41, 5.74) is 7.24. The molecule has 0 unspecified atom stereocenters. The first-order valence-electron chi connectivity index (χ1n) is 10.3. The van der Waals surface area contributed by atoms with Crippen LogP contribution >= 0.6 is 35.0 Å². The number of nitrogens with one attached hydrogen (secondary N) is 2. The maximum Gasteiger partial charge on any atom is 0.261 e. The summed E-state index contributed by atoms with van der Waals surface area (Å²) in [6.07, 6.45) is 2.55. The number of aromatic amines is 1. The van der Waals surface area contributed by atoms with Crippen molar-refractivity contribution in [3.05, 3.63) is 74.7 Å². The summed E-state index contributed by atoms with van der Waals surface area (Å²) in [6, 6.07) is 17.2. The summed E-state index contributed by atoms with van der Waals surface area (Å²) in [4.78, 5) is 26.9. The first-order valence-corrected chi connectivity index (χ1v) is 11.3. The van der Waals surface area contributed by atoms with E-state index < -0.39 is 0 Å². The van der Waals surface area contributed by atoms with Gasteiger partial charge in [0.1, 0.15) is 22.7 Å². The monoisotopic (exact) mass is 576 g/mol. The van der Waals surface area contributed by atoms with Crippen LogP contribution in [-0.4, -0.2) is 34.1 Å². The van der Waals surface area contributed by atoms with Gasteiger partial charge in [0.05, 0.1) is 9.09 Å². The highest BCUT2D eigenvalue weighted by Gasteiger charge is 2.24. The van der Waals surface area contributed by atoms with Crippen molar-refractivity contribution in [2.75, 3.05) is 23.3 Å². The van der Waals surface area contributed by atoms with E-state index in [1.165, 1.54) is 0 Å². The molecule has 0 saturated carbocycles. The number of nitrogens with zero attached hydrogens (tertiary/aromatic N) is 3. The third-order valence-corrected chi connectivity index (χ3v) is 6.11. The molecule has 3 heterocycles. The average molecular weight is 577 g/mol. The lowest BCUT2D eigenvalue weighted by Gasteiger charge is -2.18. The SMILES string of the molecule is Cl.N[C@@H]1CCN(c2nc(Nc3ccc(Oc4ccccc4)cc3)c3c(=O)[nH]cc(I)c3n2)C1. The summed E-state index contributed by atoms with van der Waals surface area (Å²) in [5, 5.41) is 3.72. The summed E-state index contributed by atoms with van der Waals surface area (Å²) < 4.78 is 6.70. The molecule has 1 aliphatic heterocycles. The van der Waals surface area contributed by atoms with Crippen LogP contribution in [-0.2, 0) is 0 Å². The maximum absolute atomic E-state index is 12.7. The number of para-hydroxylation sites is 1. The molecule has 5 rings (SSSR count). The summed E-state index contributed by atoms with van der Waals surface area (Å²) >= 11 is 2.17. The maximum atomic E-state index is 12.7. The molecular formula is C23H22ClIN6O2. The van der Waals surface area contributed by atoms with Crippen molar-refractivity contribution in [3.63, 3.8) is 0 Å². The van der Waals surface area contributed by atoms with E-state index in [1.54, 1.807) is 6.20 Å². The Hall–Kier alpha value is -2.89. The standard InChI is InChI=1S/C23H21IN6O2.ClH/c24-18-12-26-22(31)19-20(18)28-23(30-11-10-14(25)13-30)29-21(19)27-15-6-8-17(9-7-15)32-16-4-2-1-3-5-16;/h1-9,12,14H,10-11,13,25H2,(H,26,31)(H,27,28,29);1H/t14-;/m1./s1. The minimum absolute atomic E-state index is 0. The average Bonchev–Trinajstić information content (AvgIpc) is 3.24. The largest absolute Gasteiger partial charge is 0.457 e. The Labute approximate surface area is 210 Å². The van der Waals surface area contributed by atoms with Crippen molar-refractivity contribution in [1.29, 1.82) is 0 Å².